The Labute approximate surface area is 144 Å². The zero-order chi connectivity index (χ0) is 17.4. The summed E-state index contributed by atoms with van der Waals surface area (Å²) in [6.07, 6.45) is 1.64. The molecule has 126 valence electrons. The molecule has 0 unspecified atom stereocenters. The van der Waals surface area contributed by atoms with Gasteiger partial charge in [-0.05, 0) is 36.3 Å². The van der Waals surface area contributed by atoms with Crippen molar-refractivity contribution in [1.29, 1.82) is 0 Å². The van der Waals surface area contributed by atoms with E-state index < -0.39 is 6.03 Å². The largest absolute Gasteiger partial charge is 0.454 e. The summed E-state index contributed by atoms with van der Waals surface area (Å²) in [7, 11) is 0. The second-order valence-electron chi connectivity index (χ2n) is 5.98. The molecule has 1 fully saturated rings. The van der Waals surface area contributed by atoms with Crippen molar-refractivity contribution >= 4 is 18.0 Å². The van der Waals surface area contributed by atoms with Crippen LogP contribution in [0.2, 0.25) is 0 Å². The predicted molar refractivity (Wildman–Crippen MR) is 90.8 cm³/mol. The first-order valence-corrected chi connectivity index (χ1v) is 7.90. The van der Waals surface area contributed by atoms with Crippen molar-refractivity contribution in [3.63, 3.8) is 0 Å². The average Bonchev–Trinajstić information content (AvgIpc) is 3.15. The fourth-order valence-electron chi connectivity index (χ4n) is 2.88. The minimum atomic E-state index is -0.418. The minimum absolute atomic E-state index is 0.190. The number of imide groups is 1. The Morgan fingerprint density at radius 1 is 1.12 bits per heavy atom. The maximum absolute atomic E-state index is 12.6. The number of nitrogens with zero attached hydrogens (tertiary/aromatic N) is 1. The first-order chi connectivity index (χ1) is 12.1. The van der Waals surface area contributed by atoms with E-state index >= 15 is 0 Å². The maximum atomic E-state index is 12.6. The van der Waals surface area contributed by atoms with Crippen molar-refractivity contribution in [2.75, 3.05) is 6.79 Å². The number of hydrogen-bond donors (Lipinski definition) is 1. The van der Waals surface area contributed by atoms with Gasteiger partial charge in [-0.25, -0.2) is 4.79 Å². The number of rotatable bonds is 3. The summed E-state index contributed by atoms with van der Waals surface area (Å²) >= 11 is 0. The monoisotopic (exact) mass is 336 g/mol. The van der Waals surface area contributed by atoms with Crippen molar-refractivity contribution in [3.05, 3.63) is 64.9 Å². The second-order valence-corrected chi connectivity index (χ2v) is 5.98. The molecule has 0 aliphatic carbocycles. The molecule has 0 bridgehead atoms. The van der Waals surface area contributed by atoms with E-state index in [1.165, 1.54) is 4.90 Å². The molecule has 0 saturated carbocycles. The van der Waals surface area contributed by atoms with Gasteiger partial charge in [0, 0.05) is 0 Å². The first kappa shape index (κ1) is 15.3. The molecule has 0 radical (unpaired) electrons. The molecule has 25 heavy (non-hydrogen) atoms. The molecule has 0 spiro atoms. The Morgan fingerprint density at radius 2 is 1.96 bits per heavy atom. The highest BCUT2D eigenvalue weighted by atomic mass is 16.7. The fraction of sp³-hybridized carbons (Fsp3) is 0.158. The topological polar surface area (TPSA) is 67.9 Å². The second kappa shape index (κ2) is 5.98. The average molecular weight is 336 g/mol. The van der Waals surface area contributed by atoms with Crippen molar-refractivity contribution in [3.8, 4) is 11.5 Å². The summed E-state index contributed by atoms with van der Waals surface area (Å²) in [5, 5.41) is 2.63. The summed E-state index contributed by atoms with van der Waals surface area (Å²) in [5.74, 6) is 0.955. The molecule has 2 aliphatic heterocycles. The summed E-state index contributed by atoms with van der Waals surface area (Å²) < 4.78 is 10.6. The zero-order valence-electron chi connectivity index (χ0n) is 13.6. The van der Waals surface area contributed by atoms with Gasteiger partial charge in [-0.3, -0.25) is 9.69 Å². The number of benzene rings is 2. The van der Waals surface area contributed by atoms with E-state index in [0.29, 0.717) is 11.5 Å². The van der Waals surface area contributed by atoms with E-state index in [9.17, 15) is 9.59 Å². The van der Waals surface area contributed by atoms with Crippen molar-refractivity contribution in [2.45, 2.75) is 13.5 Å². The van der Waals surface area contributed by atoms with Gasteiger partial charge in [-0.15, -0.1) is 0 Å². The molecule has 2 aliphatic rings. The number of aryl methyl sites for hydroxylation is 1. The van der Waals surface area contributed by atoms with Gasteiger partial charge in [0.2, 0.25) is 6.79 Å². The van der Waals surface area contributed by atoms with Gasteiger partial charge in [0.1, 0.15) is 5.70 Å². The number of ether oxygens (including phenoxy) is 2. The standard InChI is InChI=1S/C19H16N2O4/c1-12-3-2-4-14(7-12)10-21-18(22)15(20-19(21)23)8-13-5-6-16-17(9-13)25-11-24-16/h2-9H,10-11H2,1H3,(H,20,23)/b15-8+. The lowest BCUT2D eigenvalue weighted by atomic mass is 10.1. The Morgan fingerprint density at radius 3 is 2.80 bits per heavy atom. The molecule has 2 heterocycles. The first-order valence-electron chi connectivity index (χ1n) is 7.90. The number of hydrogen-bond acceptors (Lipinski definition) is 4. The molecule has 1 saturated heterocycles. The number of nitrogens with one attached hydrogen (secondary N) is 1. The van der Waals surface area contributed by atoms with Crippen LogP contribution in [-0.4, -0.2) is 23.6 Å². The highest BCUT2D eigenvalue weighted by Crippen LogP contribution is 2.33. The molecule has 4 rings (SSSR count). The Bertz CT molecular complexity index is 904. The van der Waals surface area contributed by atoms with Gasteiger partial charge < -0.3 is 14.8 Å². The molecule has 2 aromatic rings. The highest BCUT2D eigenvalue weighted by Gasteiger charge is 2.33. The van der Waals surface area contributed by atoms with Crippen molar-refractivity contribution in [2.24, 2.45) is 0 Å². The van der Waals surface area contributed by atoms with E-state index in [-0.39, 0.29) is 24.9 Å². The molecule has 6 nitrogen and oxygen atoms in total. The molecule has 3 amide bonds. The van der Waals surface area contributed by atoms with E-state index in [4.69, 9.17) is 9.47 Å². The fourth-order valence-corrected chi connectivity index (χ4v) is 2.88. The molecule has 6 heteroatoms. The lowest BCUT2D eigenvalue weighted by Gasteiger charge is -2.12. The third-order valence-corrected chi connectivity index (χ3v) is 4.09. The molecular weight excluding hydrogens is 320 g/mol. The summed E-state index contributed by atoms with van der Waals surface area (Å²) in [6, 6.07) is 12.7. The van der Waals surface area contributed by atoms with Crippen LogP contribution in [0.5, 0.6) is 11.5 Å². The third kappa shape index (κ3) is 2.94. The quantitative estimate of drug-likeness (QED) is 0.691. The molecule has 1 N–H and O–H groups in total. The SMILES string of the molecule is Cc1cccc(CN2C(=O)N/C(=C/c3ccc4c(c3)OCO4)C2=O)c1. The zero-order valence-corrected chi connectivity index (χ0v) is 13.6. The van der Waals surface area contributed by atoms with Crippen LogP contribution in [0, 0.1) is 6.92 Å². The molecule has 2 aromatic carbocycles. The van der Waals surface area contributed by atoms with Crippen LogP contribution in [0.4, 0.5) is 4.79 Å². The van der Waals surface area contributed by atoms with Crippen LogP contribution in [0.3, 0.4) is 0 Å². The summed E-state index contributed by atoms with van der Waals surface area (Å²) in [6.45, 7) is 2.40. The Balaban J connectivity index is 1.56. The van der Waals surface area contributed by atoms with Gasteiger partial charge in [0.05, 0.1) is 6.54 Å². The summed E-state index contributed by atoms with van der Waals surface area (Å²) in [5.41, 5.74) is 3.00. The lowest BCUT2D eigenvalue weighted by Crippen LogP contribution is -2.30. The number of fused-ring (bicyclic) bond motifs is 1. The maximum Gasteiger partial charge on any atom is 0.329 e. The van der Waals surface area contributed by atoms with Crippen LogP contribution >= 0.6 is 0 Å². The van der Waals surface area contributed by atoms with Crippen molar-refractivity contribution < 1.29 is 19.1 Å². The van der Waals surface area contributed by atoms with E-state index in [1.54, 1.807) is 18.2 Å². The number of amides is 3. The van der Waals surface area contributed by atoms with E-state index in [2.05, 4.69) is 5.32 Å². The van der Waals surface area contributed by atoms with Gasteiger partial charge in [-0.1, -0.05) is 35.9 Å². The predicted octanol–water partition coefficient (Wildman–Crippen LogP) is 2.82. The van der Waals surface area contributed by atoms with Gasteiger partial charge in [-0.2, -0.15) is 0 Å². The van der Waals surface area contributed by atoms with E-state index in [1.807, 2.05) is 37.3 Å². The van der Waals surface area contributed by atoms with Crippen LogP contribution in [0.15, 0.2) is 48.2 Å². The Hall–Kier alpha value is -3.28. The third-order valence-electron chi connectivity index (χ3n) is 4.09. The van der Waals surface area contributed by atoms with Crippen LogP contribution in [0.25, 0.3) is 6.08 Å². The van der Waals surface area contributed by atoms with E-state index in [0.717, 1.165) is 16.7 Å². The molecular formula is C19H16N2O4. The smallest absolute Gasteiger partial charge is 0.329 e. The number of carbonyl (C=O) groups excluding carboxylic acids is 2. The van der Waals surface area contributed by atoms with Crippen molar-refractivity contribution in [1.82, 2.24) is 10.2 Å². The Kier molecular flexibility index (Phi) is 3.65. The lowest BCUT2D eigenvalue weighted by molar-refractivity contribution is -0.123. The van der Waals surface area contributed by atoms with Crippen LogP contribution in [-0.2, 0) is 11.3 Å². The van der Waals surface area contributed by atoms with Gasteiger partial charge >= 0.3 is 6.03 Å². The van der Waals surface area contributed by atoms with Gasteiger partial charge in [0.15, 0.2) is 11.5 Å². The van der Waals surface area contributed by atoms with Crippen LogP contribution in [0.1, 0.15) is 16.7 Å². The number of carbonyl (C=O) groups is 2. The minimum Gasteiger partial charge on any atom is -0.454 e. The van der Waals surface area contributed by atoms with Gasteiger partial charge in [0.25, 0.3) is 5.91 Å². The molecule has 0 aromatic heterocycles. The van der Waals surface area contributed by atoms with Crippen LogP contribution < -0.4 is 14.8 Å². The molecule has 0 atom stereocenters. The highest BCUT2D eigenvalue weighted by molar-refractivity contribution is 6.13. The normalized spacial score (nSPS) is 17.3. The number of urea groups is 1. The summed E-state index contributed by atoms with van der Waals surface area (Å²) in [4.78, 5) is 25.9.